The van der Waals surface area contributed by atoms with E-state index < -0.39 is 5.43 Å². The van der Waals surface area contributed by atoms with Crippen molar-refractivity contribution in [2.75, 3.05) is 0 Å². The number of hydrogen-bond acceptors (Lipinski definition) is 5. The molecule has 0 atom stereocenters. The number of fused-ring (bicyclic) bond motifs is 1. The van der Waals surface area contributed by atoms with Crippen molar-refractivity contribution in [1.82, 2.24) is 0 Å². The van der Waals surface area contributed by atoms with E-state index in [9.17, 15) is 20.1 Å². The Hall–Kier alpha value is -2.95. The van der Waals surface area contributed by atoms with Gasteiger partial charge in [-0.25, -0.2) is 0 Å². The number of phenolic OH excluding ortho intramolecular Hbond substituents is 3. The standard InChI is InChI=1S/C15H10O5.CH4/c16-9-3-1-8(2-4-9)13-7-12(19)15-11(18)5-10(17)6-14(15)20-13;/h1-7,16-18H;1H4. The summed E-state index contributed by atoms with van der Waals surface area (Å²) < 4.78 is 5.53. The maximum Gasteiger partial charge on any atom is 0.197 e. The van der Waals surface area contributed by atoms with Gasteiger partial charge in [0.25, 0.3) is 0 Å². The maximum atomic E-state index is 12.0. The topological polar surface area (TPSA) is 90.9 Å². The molecule has 2 aromatic carbocycles. The zero-order valence-corrected chi connectivity index (χ0v) is 10.2. The van der Waals surface area contributed by atoms with Crippen molar-refractivity contribution in [3.05, 3.63) is 52.7 Å². The first-order valence-electron chi connectivity index (χ1n) is 5.84. The van der Waals surface area contributed by atoms with Gasteiger partial charge >= 0.3 is 0 Å². The molecule has 3 N–H and O–H groups in total. The molecular formula is C16H14O5. The van der Waals surface area contributed by atoms with Crippen LogP contribution in [0.25, 0.3) is 22.3 Å². The third kappa shape index (κ3) is 2.53. The minimum Gasteiger partial charge on any atom is -0.508 e. The molecule has 21 heavy (non-hydrogen) atoms. The van der Waals surface area contributed by atoms with Crippen LogP contribution in [0, 0.1) is 0 Å². The maximum absolute atomic E-state index is 12.0. The van der Waals surface area contributed by atoms with E-state index >= 15 is 0 Å². The minimum atomic E-state index is -0.410. The Morgan fingerprint density at radius 1 is 0.857 bits per heavy atom. The fraction of sp³-hybridized carbons (Fsp3) is 0.0625. The predicted molar refractivity (Wildman–Crippen MR) is 79.6 cm³/mol. The monoisotopic (exact) mass is 286 g/mol. The molecule has 0 aliphatic heterocycles. The molecule has 1 heterocycles. The van der Waals surface area contributed by atoms with Crippen molar-refractivity contribution in [1.29, 1.82) is 0 Å². The average molecular weight is 286 g/mol. The summed E-state index contributed by atoms with van der Waals surface area (Å²) in [4.78, 5) is 12.0. The van der Waals surface area contributed by atoms with Gasteiger partial charge in [-0.3, -0.25) is 4.79 Å². The van der Waals surface area contributed by atoms with Gasteiger partial charge in [0.2, 0.25) is 0 Å². The van der Waals surface area contributed by atoms with Crippen LogP contribution in [0.5, 0.6) is 17.2 Å². The quantitative estimate of drug-likeness (QED) is 0.639. The molecule has 3 rings (SSSR count). The average Bonchev–Trinajstić information content (AvgIpc) is 2.38. The van der Waals surface area contributed by atoms with Crippen LogP contribution in [-0.2, 0) is 0 Å². The van der Waals surface area contributed by atoms with Gasteiger partial charge < -0.3 is 19.7 Å². The summed E-state index contributed by atoms with van der Waals surface area (Å²) in [5.74, 6) is -0.133. The van der Waals surface area contributed by atoms with E-state index in [1.54, 1.807) is 12.1 Å². The smallest absolute Gasteiger partial charge is 0.197 e. The van der Waals surface area contributed by atoms with Crippen LogP contribution in [0.15, 0.2) is 51.7 Å². The van der Waals surface area contributed by atoms with Crippen LogP contribution in [0.1, 0.15) is 7.43 Å². The second kappa shape index (κ2) is 5.20. The van der Waals surface area contributed by atoms with Gasteiger partial charge in [-0.05, 0) is 24.3 Å². The minimum absolute atomic E-state index is 0. The van der Waals surface area contributed by atoms with Gasteiger partial charge in [0.05, 0.1) is 0 Å². The Morgan fingerprint density at radius 3 is 2.19 bits per heavy atom. The normalized spacial score (nSPS) is 10.3. The van der Waals surface area contributed by atoms with Gasteiger partial charge in [0.15, 0.2) is 5.43 Å². The first kappa shape index (κ1) is 14.5. The molecule has 0 amide bonds. The first-order valence-corrected chi connectivity index (χ1v) is 5.84. The van der Waals surface area contributed by atoms with Crippen LogP contribution in [-0.4, -0.2) is 15.3 Å². The molecule has 0 spiro atoms. The Balaban J connectivity index is 0.00000161. The van der Waals surface area contributed by atoms with Gasteiger partial charge in [0.1, 0.15) is 34.0 Å². The molecule has 3 aromatic rings. The van der Waals surface area contributed by atoms with Gasteiger partial charge in [-0.15, -0.1) is 0 Å². The second-order valence-corrected chi connectivity index (χ2v) is 4.36. The highest BCUT2D eigenvalue weighted by Crippen LogP contribution is 2.30. The van der Waals surface area contributed by atoms with Crippen LogP contribution in [0.3, 0.4) is 0 Å². The molecule has 108 valence electrons. The summed E-state index contributed by atoms with van der Waals surface area (Å²) in [6.45, 7) is 0. The summed E-state index contributed by atoms with van der Waals surface area (Å²) in [5, 5.41) is 28.4. The fourth-order valence-electron chi connectivity index (χ4n) is 2.02. The molecule has 0 saturated carbocycles. The van der Waals surface area contributed by atoms with Crippen LogP contribution >= 0.6 is 0 Å². The third-order valence-electron chi connectivity index (χ3n) is 2.95. The Bertz CT molecular complexity index is 847. The molecule has 0 bridgehead atoms. The van der Waals surface area contributed by atoms with Crippen molar-refractivity contribution in [3.63, 3.8) is 0 Å². The largest absolute Gasteiger partial charge is 0.508 e. The lowest BCUT2D eigenvalue weighted by atomic mass is 10.1. The number of benzene rings is 2. The van der Waals surface area contributed by atoms with E-state index in [2.05, 4.69) is 0 Å². The molecule has 5 nitrogen and oxygen atoms in total. The lowest BCUT2D eigenvalue weighted by Crippen LogP contribution is -2.00. The van der Waals surface area contributed by atoms with Crippen LogP contribution in [0.4, 0.5) is 0 Å². The molecular weight excluding hydrogens is 272 g/mol. The first-order chi connectivity index (χ1) is 9.54. The SMILES string of the molecule is C.O=c1cc(-c2ccc(O)cc2)oc2cc(O)cc(O)c12. The summed E-state index contributed by atoms with van der Waals surface area (Å²) in [6.07, 6.45) is 0. The van der Waals surface area contributed by atoms with E-state index in [0.29, 0.717) is 5.56 Å². The molecule has 5 heteroatoms. The highest BCUT2D eigenvalue weighted by atomic mass is 16.3. The van der Waals surface area contributed by atoms with Crippen molar-refractivity contribution in [2.24, 2.45) is 0 Å². The van der Waals surface area contributed by atoms with Crippen molar-refractivity contribution >= 4 is 11.0 Å². The number of hydrogen-bond donors (Lipinski definition) is 3. The Kier molecular flexibility index (Phi) is 3.58. The van der Waals surface area contributed by atoms with E-state index in [1.165, 1.54) is 24.3 Å². The molecule has 0 aliphatic carbocycles. The third-order valence-corrected chi connectivity index (χ3v) is 2.95. The lowest BCUT2D eigenvalue weighted by molar-refractivity contribution is 0.452. The lowest BCUT2D eigenvalue weighted by Gasteiger charge is -2.05. The molecule has 0 fully saturated rings. The zero-order chi connectivity index (χ0) is 14.3. The number of rotatable bonds is 1. The number of phenols is 3. The van der Waals surface area contributed by atoms with E-state index in [0.717, 1.165) is 6.07 Å². The van der Waals surface area contributed by atoms with Crippen molar-refractivity contribution in [2.45, 2.75) is 7.43 Å². The van der Waals surface area contributed by atoms with Gasteiger partial charge in [-0.2, -0.15) is 0 Å². The Labute approximate surface area is 120 Å². The zero-order valence-electron chi connectivity index (χ0n) is 10.2. The fourth-order valence-corrected chi connectivity index (χ4v) is 2.02. The van der Waals surface area contributed by atoms with Gasteiger partial charge in [-0.1, -0.05) is 7.43 Å². The molecule has 0 radical (unpaired) electrons. The van der Waals surface area contributed by atoms with E-state index in [4.69, 9.17) is 4.42 Å². The van der Waals surface area contributed by atoms with Gasteiger partial charge in [0, 0.05) is 23.8 Å². The Morgan fingerprint density at radius 2 is 1.52 bits per heavy atom. The highest BCUT2D eigenvalue weighted by Gasteiger charge is 2.11. The summed E-state index contributed by atoms with van der Waals surface area (Å²) in [5.41, 5.74) is 0.287. The van der Waals surface area contributed by atoms with Crippen LogP contribution in [0.2, 0.25) is 0 Å². The molecule has 0 saturated heterocycles. The molecule has 0 unspecified atom stereocenters. The van der Waals surface area contributed by atoms with Crippen molar-refractivity contribution in [3.8, 4) is 28.6 Å². The summed E-state index contributed by atoms with van der Waals surface area (Å²) in [6, 6.07) is 9.74. The van der Waals surface area contributed by atoms with Crippen molar-refractivity contribution < 1.29 is 19.7 Å². The summed E-state index contributed by atoms with van der Waals surface area (Å²) >= 11 is 0. The number of aromatic hydroxyl groups is 3. The summed E-state index contributed by atoms with van der Waals surface area (Å²) in [7, 11) is 0. The molecule has 1 aromatic heterocycles. The second-order valence-electron chi connectivity index (χ2n) is 4.36. The van der Waals surface area contributed by atoms with E-state index in [-0.39, 0.29) is 41.4 Å². The highest BCUT2D eigenvalue weighted by molar-refractivity contribution is 5.85. The predicted octanol–water partition coefficient (Wildman–Crippen LogP) is 3.21. The molecule has 0 aliphatic rings. The van der Waals surface area contributed by atoms with E-state index in [1.807, 2.05) is 0 Å². The van der Waals surface area contributed by atoms with Crippen LogP contribution < -0.4 is 5.43 Å².